The fraction of sp³-hybridized carbons (Fsp3) is 0.667. The molecule has 1 N–H and O–H groups in total. The van der Waals surface area contributed by atoms with Gasteiger partial charge in [0.25, 0.3) is 0 Å². The van der Waals surface area contributed by atoms with Crippen LogP contribution in [0.15, 0.2) is 30.3 Å². The molecule has 106 valence electrons. The minimum absolute atomic E-state index is 0.411. The van der Waals surface area contributed by atoms with Gasteiger partial charge in [-0.15, -0.1) is 0 Å². The quantitative estimate of drug-likeness (QED) is 0.810. The molecule has 1 aliphatic rings. The summed E-state index contributed by atoms with van der Waals surface area (Å²) in [5.41, 5.74) is 1.81. The highest BCUT2D eigenvalue weighted by atomic mass is 15.0. The molecule has 0 aliphatic heterocycles. The van der Waals surface area contributed by atoms with Crippen LogP contribution in [0.4, 0.5) is 0 Å². The molecule has 19 heavy (non-hydrogen) atoms. The van der Waals surface area contributed by atoms with E-state index in [9.17, 15) is 0 Å². The molecule has 2 rings (SSSR count). The summed E-state index contributed by atoms with van der Waals surface area (Å²) in [5, 5.41) is 3.89. The van der Waals surface area contributed by atoms with Crippen LogP contribution in [0.1, 0.15) is 65.0 Å². The Bertz CT molecular complexity index is 376. The highest BCUT2D eigenvalue weighted by Gasteiger charge is 2.34. The van der Waals surface area contributed by atoms with Crippen LogP contribution in [0.25, 0.3) is 0 Å². The molecular weight excluding hydrogens is 230 g/mol. The van der Waals surface area contributed by atoms with Gasteiger partial charge in [-0.05, 0) is 36.7 Å². The third-order valence-corrected chi connectivity index (χ3v) is 4.64. The van der Waals surface area contributed by atoms with E-state index in [0.29, 0.717) is 17.5 Å². The van der Waals surface area contributed by atoms with Gasteiger partial charge in [0, 0.05) is 12.1 Å². The molecule has 1 fully saturated rings. The van der Waals surface area contributed by atoms with Gasteiger partial charge in [0.15, 0.2) is 0 Å². The minimum Gasteiger partial charge on any atom is -0.307 e. The number of hydrogen-bond acceptors (Lipinski definition) is 1. The maximum absolute atomic E-state index is 3.89. The van der Waals surface area contributed by atoms with Crippen LogP contribution in [0.5, 0.6) is 0 Å². The summed E-state index contributed by atoms with van der Waals surface area (Å²) >= 11 is 0. The largest absolute Gasteiger partial charge is 0.307 e. The van der Waals surface area contributed by atoms with Gasteiger partial charge >= 0.3 is 0 Å². The third-order valence-electron chi connectivity index (χ3n) is 4.64. The molecule has 0 saturated heterocycles. The van der Waals surface area contributed by atoms with E-state index < -0.39 is 0 Å². The summed E-state index contributed by atoms with van der Waals surface area (Å²) in [5.74, 6) is 0.799. The van der Waals surface area contributed by atoms with E-state index in [1.54, 1.807) is 0 Å². The lowest BCUT2D eigenvalue weighted by Gasteiger charge is -2.42. The standard InChI is InChI=1S/C18H29N/c1-14(15-10-6-5-7-11-15)19-17-13-9-8-12-16(17)18(2,3)4/h5-7,10-11,14,16-17,19H,8-9,12-13H2,1-4H3/t14-,16?,17?/m0/s1. The predicted molar refractivity (Wildman–Crippen MR) is 83.2 cm³/mol. The first-order valence-electron chi connectivity index (χ1n) is 7.79. The Morgan fingerprint density at radius 3 is 2.32 bits per heavy atom. The van der Waals surface area contributed by atoms with Crippen molar-refractivity contribution in [2.45, 2.75) is 65.5 Å². The molecule has 0 heterocycles. The van der Waals surface area contributed by atoms with Gasteiger partial charge < -0.3 is 5.32 Å². The van der Waals surface area contributed by atoms with Gasteiger partial charge in [0.05, 0.1) is 0 Å². The Kier molecular flexibility index (Phi) is 4.67. The van der Waals surface area contributed by atoms with Crippen LogP contribution < -0.4 is 5.32 Å². The van der Waals surface area contributed by atoms with Gasteiger partial charge in [-0.1, -0.05) is 63.9 Å². The molecule has 0 aromatic heterocycles. The van der Waals surface area contributed by atoms with Crippen LogP contribution in [0.3, 0.4) is 0 Å². The summed E-state index contributed by atoms with van der Waals surface area (Å²) in [6.45, 7) is 9.48. The fourth-order valence-corrected chi connectivity index (χ4v) is 3.53. The van der Waals surface area contributed by atoms with Gasteiger partial charge in [-0.25, -0.2) is 0 Å². The second-order valence-corrected chi connectivity index (χ2v) is 7.16. The second kappa shape index (κ2) is 6.09. The van der Waals surface area contributed by atoms with Crippen LogP contribution in [-0.2, 0) is 0 Å². The molecular formula is C18H29N. The van der Waals surface area contributed by atoms with Crippen LogP contribution in [0, 0.1) is 11.3 Å². The lowest BCUT2D eigenvalue weighted by atomic mass is 9.69. The maximum atomic E-state index is 3.89. The highest BCUT2D eigenvalue weighted by Crippen LogP contribution is 2.38. The second-order valence-electron chi connectivity index (χ2n) is 7.16. The third kappa shape index (κ3) is 3.82. The van der Waals surface area contributed by atoms with Gasteiger partial charge in [0.2, 0.25) is 0 Å². The zero-order chi connectivity index (χ0) is 13.9. The van der Waals surface area contributed by atoms with Crippen molar-refractivity contribution in [2.24, 2.45) is 11.3 Å². The summed E-state index contributed by atoms with van der Waals surface area (Å²) in [6, 6.07) is 11.9. The molecule has 1 aliphatic carbocycles. The summed E-state index contributed by atoms with van der Waals surface area (Å²) in [7, 11) is 0. The van der Waals surface area contributed by atoms with Crippen molar-refractivity contribution in [1.29, 1.82) is 0 Å². The van der Waals surface area contributed by atoms with E-state index in [-0.39, 0.29) is 0 Å². The SMILES string of the molecule is C[C@H](NC1CCCCC1C(C)(C)C)c1ccccc1. The number of benzene rings is 1. The first-order chi connectivity index (χ1) is 8.98. The Morgan fingerprint density at radius 2 is 1.68 bits per heavy atom. The molecule has 1 aromatic rings. The molecule has 2 unspecified atom stereocenters. The van der Waals surface area contributed by atoms with E-state index in [0.717, 1.165) is 5.92 Å². The topological polar surface area (TPSA) is 12.0 Å². The van der Waals surface area contributed by atoms with E-state index in [4.69, 9.17) is 0 Å². The van der Waals surface area contributed by atoms with E-state index in [2.05, 4.69) is 63.3 Å². The van der Waals surface area contributed by atoms with Crippen molar-refractivity contribution < 1.29 is 0 Å². The van der Waals surface area contributed by atoms with Crippen molar-refractivity contribution in [2.75, 3.05) is 0 Å². The Labute approximate surface area is 118 Å². The summed E-state index contributed by atoms with van der Waals surface area (Å²) < 4.78 is 0. The maximum Gasteiger partial charge on any atom is 0.0294 e. The van der Waals surface area contributed by atoms with E-state index in [1.807, 2.05) is 0 Å². The fourth-order valence-electron chi connectivity index (χ4n) is 3.53. The van der Waals surface area contributed by atoms with E-state index in [1.165, 1.54) is 31.2 Å². The number of hydrogen-bond donors (Lipinski definition) is 1. The monoisotopic (exact) mass is 259 g/mol. The van der Waals surface area contributed by atoms with Gasteiger partial charge in [-0.2, -0.15) is 0 Å². The van der Waals surface area contributed by atoms with Crippen LogP contribution in [0.2, 0.25) is 0 Å². The lowest BCUT2D eigenvalue weighted by Crippen LogP contribution is -2.45. The molecule has 1 nitrogen and oxygen atoms in total. The Balaban J connectivity index is 2.04. The molecule has 0 radical (unpaired) electrons. The average molecular weight is 259 g/mol. The van der Waals surface area contributed by atoms with Crippen molar-refractivity contribution >= 4 is 0 Å². The molecule has 0 bridgehead atoms. The highest BCUT2D eigenvalue weighted by molar-refractivity contribution is 5.18. The van der Waals surface area contributed by atoms with Gasteiger partial charge in [0.1, 0.15) is 0 Å². The molecule has 1 heteroatoms. The Morgan fingerprint density at radius 1 is 1.05 bits per heavy atom. The van der Waals surface area contributed by atoms with Crippen molar-refractivity contribution in [1.82, 2.24) is 5.32 Å². The average Bonchev–Trinajstić information content (AvgIpc) is 2.39. The number of rotatable bonds is 3. The first kappa shape index (κ1) is 14.6. The lowest BCUT2D eigenvalue weighted by molar-refractivity contribution is 0.124. The van der Waals surface area contributed by atoms with Crippen molar-refractivity contribution in [3.8, 4) is 0 Å². The van der Waals surface area contributed by atoms with Crippen molar-refractivity contribution in [3.63, 3.8) is 0 Å². The van der Waals surface area contributed by atoms with E-state index >= 15 is 0 Å². The summed E-state index contributed by atoms with van der Waals surface area (Å²) in [6.07, 6.45) is 5.49. The molecule has 1 aromatic carbocycles. The predicted octanol–water partition coefficient (Wildman–Crippen LogP) is 4.94. The molecule has 1 saturated carbocycles. The number of nitrogens with one attached hydrogen (secondary N) is 1. The van der Waals surface area contributed by atoms with Crippen LogP contribution in [-0.4, -0.2) is 6.04 Å². The minimum atomic E-state index is 0.411. The summed E-state index contributed by atoms with van der Waals surface area (Å²) in [4.78, 5) is 0. The zero-order valence-electron chi connectivity index (χ0n) is 12.9. The molecule has 0 amide bonds. The normalized spacial score (nSPS) is 26.1. The Hall–Kier alpha value is -0.820. The smallest absolute Gasteiger partial charge is 0.0294 e. The van der Waals surface area contributed by atoms with Gasteiger partial charge in [-0.3, -0.25) is 0 Å². The van der Waals surface area contributed by atoms with Crippen molar-refractivity contribution in [3.05, 3.63) is 35.9 Å². The molecule has 0 spiro atoms. The zero-order valence-corrected chi connectivity index (χ0v) is 12.9. The molecule has 3 atom stereocenters. The van der Waals surface area contributed by atoms with Crippen LogP contribution >= 0.6 is 0 Å². The first-order valence-corrected chi connectivity index (χ1v) is 7.79.